The number of aromatic nitrogens is 2. The van der Waals surface area contributed by atoms with Crippen molar-refractivity contribution in [2.24, 2.45) is 0 Å². The van der Waals surface area contributed by atoms with Crippen molar-refractivity contribution in [3.8, 4) is 28.3 Å². The van der Waals surface area contributed by atoms with Gasteiger partial charge in [0, 0.05) is 23.2 Å². The predicted molar refractivity (Wildman–Crippen MR) is 157 cm³/mol. The van der Waals surface area contributed by atoms with E-state index in [1.165, 1.54) is 6.07 Å². The molecule has 0 bridgehead atoms. The van der Waals surface area contributed by atoms with Gasteiger partial charge in [0.25, 0.3) is 5.91 Å². The van der Waals surface area contributed by atoms with Crippen molar-refractivity contribution >= 4 is 34.2 Å². The summed E-state index contributed by atoms with van der Waals surface area (Å²) in [5.41, 5.74) is 1.98. The number of fused-ring (bicyclic) bond motifs is 1. The van der Waals surface area contributed by atoms with Crippen LogP contribution >= 0.6 is 11.6 Å². The number of benzene rings is 4. The quantitative estimate of drug-likeness (QED) is 0.169. The molecule has 0 saturated heterocycles. The molecule has 220 valence electrons. The van der Waals surface area contributed by atoms with Gasteiger partial charge in [-0.15, -0.1) is 0 Å². The van der Waals surface area contributed by atoms with E-state index in [0.29, 0.717) is 11.3 Å². The van der Waals surface area contributed by atoms with Gasteiger partial charge < -0.3 is 15.5 Å². The summed E-state index contributed by atoms with van der Waals surface area (Å²) in [4.78, 5) is 23.1. The van der Waals surface area contributed by atoms with Gasteiger partial charge in [-0.1, -0.05) is 41.9 Å². The number of hydrogen-bond donors (Lipinski definition) is 3. The van der Waals surface area contributed by atoms with Gasteiger partial charge in [0.15, 0.2) is 0 Å². The smallest absolute Gasteiger partial charge is 0.416 e. The molecule has 0 fully saturated rings. The van der Waals surface area contributed by atoms with E-state index in [9.17, 15) is 27.9 Å². The molecule has 1 unspecified atom stereocenters. The minimum Gasteiger partial charge on any atom is -0.508 e. The first kappa shape index (κ1) is 29.7. The molecule has 5 rings (SSSR count). The molecule has 7 nitrogen and oxygen atoms in total. The van der Waals surface area contributed by atoms with E-state index in [1.807, 2.05) is 25.1 Å². The summed E-state index contributed by atoms with van der Waals surface area (Å²) in [5.74, 6) is -1.31. The van der Waals surface area contributed by atoms with Crippen molar-refractivity contribution in [2.45, 2.75) is 25.6 Å². The summed E-state index contributed by atoms with van der Waals surface area (Å²) in [6.45, 7) is 1.87. The molecule has 0 saturated carbocycles. The fourth-order valence-corrected chi connectivity index (χ4v) is 4.98. The summed E-state index contributed by atoms with van der Waals surface area (Å²) < 4.78 is 42.3. The Bertz CT molecular complexity index is 1830. The SMILES string of the molecule is CC(c1ccc(C(=O)NCCC(=O)O)cc1)n1nc(-c2cc(C(F)(F)F)ccc2Cl)cc1-c1ccc2cc(O)ccc2c1. The van der Waals surface area contributed by atoms with Crippen molar-refractivity contribution < 1.29 is 33.0 Å². The maximum absolute atomic E-state index is 13.5. The number of carbonyl (C=O) groups excluding carboxylic acids is 1. The third kappa shape index (κ3) is 6.49. The Morgan fingerprint density at radius 3 is 2.35 bits per heavy atom. The topological polar surface area (TPSA) is 104 Å². The fourth-order valence-electron chi connectivity index (χ4n) is 4.77. The number of alkyl halides is 3. The van der Waals surface area contributed by atoms with Crippen LogP contribution < -0.4 is 5.32 Å². The first-order valence-electron chi connectivity index (χ1n) is 13.2. The minimum atomic E-state index is -4.57. The highest BCUT2D eigenvalue weighted by Gasteiger charge is 2.31. The van der Waals surface area contributed by atoms with Gasteiger partial charge in [-0.25, -0.2) is 0 Å². The first-order chi connectivity index (χ1) is 20.4. The summed E-state index contributed by atoms with van der Waals surface area (Å²) in [5, 5.41) is 27.7. The highest BCUT2D eigenvalue weighted by molar-refractivity contribution is 6.33. The van der Waals surface area contributed by atoms with Gasteiger partial charge in [0.05, 0.1) is 34.4 Å². The summed E-state index contributed by atoms with van der Waals surface area (Å²) in [6, 6.07) is 21.6. The van der Waals surface area contributed by atoms with E-state index in [-0.39, 0.29) is 35.0 Å². The molecule has 0 aliphatic heterocycles. The number of carbonyl (C=O) groups is 2. The number of rotatable bonds is 8. The molecule has 0 aliphatic rings. The van der Waals surface area contributed by atoms with Crippen LogP contribution in [0, 0.1) is 0 Å². The van der Waals surface area contributed by atoms with Gasteiger partial charge in [-0.3, -0.25) is 14.3 Å². The van der Waals surface area contributed by atoms with Crippen LogP contribution in [0.15, 0.2) is 84.9 Å². The highest BCUT2D eigenvalue weighted by atomic mass is 35.5. The zero-order valence-electron chi connectivity index (χ0n) is 22.7. The lowest BCUT2D eigenvalue weighted by Gasteiger charge is -2.17. The van der Waals surface area contributed by atoms with E-state index in [4.69, 9.17) is 21.8 Å². The van der Waals surface area contributed by atoms with Crippen molar-refractivity contribution in [1.82, 2.24) is 15.1 Å². The number of phenolic OH excluding ortho intramolecular Hbond substituents is 1. The normalized spacial score (nSPS) is 12.3. The average molecular weight is 608 g/mol. The zero-order chi connectivity index (χ0) is 30.9. The largest absolute Gasteiger partial charge is 0.508 e. The first-order valence-corrected chi connectivity index (χ1v) is 13.6. The number of halogens is 4. The molecule has 0 radical (unpaired) electrons. The van der Waals surface area contributed by atoms with Crippen molar-refractivity contribution in [2.75, 3.05) is 6.54 Å². The third-order valence-corrected chi connectivity index (χ3v) is 7.40. The number of carboxylic acids is 1. The summed E-state index contributed by atoms with van der Waals surface area (Å²) >= 11 is 6.37. The lowest BCUT2D eigenvalue weighted by atomic mass is 10.0. The minimum absolute atomic E-state index is 0.00474. The Balaban J connectivity index is 1.56. The number of carboxylic acid groups (broad SMARTS) is 1. The second-order valence-corrected chi connectivity index (χ2v) is 10.4. The van der Waals surface area contributed by atoms with Gasteiger partial charge in [-0.05, 0) is 77.9 Å². The van der Waals surface area contributed by atoms with Crippen LogP contribution in [0.4, 0.5) is 13.2 Å². The maximum Gasteiger partial charge on any atom is 0.416 e. The second-order valence-electron chi connectivity index (χ2n) is 10.00. The molecule has 1 aromatic heterocycles. The lowest BCUT2D eigenvalue weighted by molar-refractivity contribution is -0.138. The van der Waals surface area contributed by atoms with Crippen LogP contribution in [-0.2, 0) is 11.0 Å². The third-order valence-electron chi connectivity index (χ3n) is 7.07. The van der Waals surface area contributed by atoms with Crippen molar-refractivity contribution in [3.63, 3.8) is 0 Å². The Kier molecular flexibility index (Phi) is 8.14. The van der Waals surface area contributed by atoms with Crippen LogP contribution in [0.2, 0.25) is 5.02 Å². The van der Waals surface area contributed by atoms with Crippen LogP contribution in [0.5, 0.6) is 5.75 Å². The number of amides is 1. The molecular formula is C32H25ClF3N3O4. The maximum atomic E-state index is 13.5. The molecule has 0 aliphatic carbocycles. The molecule has 4 aromatic carbocycles. The van der Waals surface area contributed by atoms with Crippen molar-refractivity contribution in [3.05, 3.63) is 107 Å². The Labute approximate surface area is 249 Å². The van der Waals surface area contributed by atoms with Gasteiger partial charge in [0.2, 0.25) is 0 Å². The molecule has 1 atom stereocenters. The van der Waals surface area contributed by atoms with E-state index in [0.717, 1.165) is 34.0 Å². The number of nitrogens with one attached hydrogen (secondary N) is 1. The number of nitrogens with zero attached hydrogens (tertiary/aromatic N) is 2. The number of aromatic hydroxyl groups is 1. The molecule has 0 spiro atoms. The zero-order valence-corrected chi connectivity index (χ0v) is 23.4. The molecule has 5 aromatic rings. The molecule has 1 heterocycles. The average Bonchev–Trinajstić information content (AvgIpc) is 3.41. The predicted octanol–water partition coefficient (Wildman–Crippen LogP) is 7.56. The molecular weight excluding hydrogens is 583 g/mol. The molecule has 43 heavy (non-hydrogen) atoms. The highest BCUT2D eigenvalue weighted by Crippen LogP contribution is 2.38. The Morgan fingerprint density at radius 2 is 1.65 bits per heavy atom. The van der Waals surface area contributed by atoms with Gasteiger partial charge in [0.1, 0.15) is 5.75 Å². The lowest BCUT2D eigenvalue weighted by Crippen LogP contribution is -2.26. The van der Waals surface area contributed by atoms with Crippen LogP contribution in [-0.4, -0.2) is 38.4 Å². The molecule has 1 amide bonds. The molecule has 11 heteroatoms. The Hall–Kier alpha value is -4.83. The van der Waals surface area contributed by atoms with Crippen LogP contribution in [0.3, 0.4) is 0 Å². The molecule has 3 N–H and O–H groups in total. The Morgan fingerprint density at radius 1 is 0.953 bits per heavy atom. The van der Waals surface area contributed by atoms with E-state index in [2.05, 4.69) is 5.32 Å². The second kappa shape index (κ2) is 11.8. The van der Waals surface area contributed by atoms with E-state index in [1.54, 1.807) is 53.2 Å². The number of phenols is 1. The van der Waals surface area contributed by atoms with Crippen LogP contribution in [0.1, 0.15) is 40.9 Å². The van der Waals surface area contributed by atoms with Crippen LogP contribution in [0.25, 0.3) is 33.3 Å². The van der Waals surface area contributed by atoms with Gasteiger partial charge in [-0.2, -0.15) is 18.3 Å². The van der Waals surface area contributed by atoms with E-state index >= 15 is 0 Å². The number of hydrogen-bond acceptors (Lipinski definition) is 4. The monoisotopic (exact) mass is 607 g/mol. The van der Waals surface area contributed by atoms with Crippen molar-refractivity contribution in [1.29, 1.82) is 0 Å². The summed E-state index contributed by atoms with van der Waals surface area (Å²) in [7, 11) is 0. The number of aliphatic carboxylic acids is 1. The fraction of sp³-hybridized carbons (Fsp3) is 0.156. The van der Waals surface area contributed by atoms with E-state index < -0.39 is 29.7 Å². The van der Waals surface area contributed by atoms with Gasteiger partial charge >= 0.3 is 12.1 Å². The standard InChI is InChI=1S/C32H25ClF3N3O4/c1-18(19-2-4-20(5-3-19)31(43)37-13-12-30(41)42)39-29(23-7-6-22-15-25(40)10-8-21(22)14-23)17-28(38-39)26-16-24(32(34,35)36)9-11-27(26)33/h2-11,14-18,40H,12-13H2,1H3,(H,37,43)(H,41,42). The summed E-state index contributed by atoms with van der Waals surface area (Å²) in [6.07, 6.45) is -4.76.